The molecule has 0 saturated heterocycles. The lowest BCUT2D eigenvalue weighted by atomic mass is 10.4. The summed E-state index contributed by atoms with van der Waals surface area (Å²) in [6, 6.07) is 0.744. The van der Waals surface area contributed by atoms with E-state index in [1.54, 1.807) is 7.11 Å². The Labute approximate surface area is 122 Å². The fourth-order valence-electron chi connectivity index (χ4n) is 2.40. The van der Waals surface area contributed by atoms with Crippen molar-refractivity contribution in [2.75, 3.05) is 20.7 Å². The van der Waals surface area contributed by atoms with Crippen molar-refractivity contribution in [1.82, 2.24) is 24.4 Å². The van der Waals surface area contributed by atoms with Crippen molar-refractivity contribution in [1.29, 1.82) is 0 Å². The van der Waals surface area contributed by atoms with Crippen LogP contribution in [0.4, 0.5) is 0 Å². The summed E-state index contributed by atoms with van der Waals surface area (Å²) in [6.45, 7) is 1.79. The van der Waals surface area contributed by atoms with Crippen LogP contribution in [0, 0.1) is 0 Å². The Kier molecular flexibility index (Phi) is 3.76. The summed E-state index contributed by atoms with van der Waals surface area (Å²) in [5.41, 5.74) is 1.47. The monoisotopic (exact) mass is 295 g/mol. The molecule has 3 rings (SSSR count). The molecule has 0 aliphatic heterocycles. The molecule has 0 amide bonds. The Morgan fingerprint density at radius 1 is 1.45 bits per heavy atom. The number of fused-ring (bicyclic) bond motifs is 1. The first kappa shape index (κ1) is 13.6. The van der Waals surface area contributed by atoms with Crippen molar-refractivity contribution in [2.24, 2.45) is 0 Å². The molecule has 2 heterocycles. The van der Waals surface area contributed by atoms with Crippen LogP contribution in [0.1, 0.15) is 18.7 Å². The van der Waals surface area contributed by atoms with Gasteiger partial charge in [0.15, 0.2) is 11.2 Å². The van der Waals surface area contributed by atoms with Gasteiger partial charge >= 0.3 is 0 Å². The molecular formula is C13H18ClN5O. The topological polar surface area (TPSA) is 56.1 Å². The fraction of sp³-hybridized carbons (Fsp3) is 0.615. The molecule has 1 aliphatic carbocycles. The van der Waals surface area contributed by atoms with E-state index in [-0.39, 0.29) is 0 Å². The predicted octanol–water partition coefficient (Wildman–Crippen LogP) is 1.67. The molecule has 1 aliphatic rings. The highest BCUT2D eigenvalue weighted by atomic mass is 35.5. The van der Waals surface area contributed by atoms with Crippen molar-refractivity contribution in [2.45, 2.75) is 31.3 Å². The first-order valence-corrected chi connectivity index (χ1v) is 7.28. The zero-order valence-corrected chi connectivity index (χ0v) is 12.5. The Balaban J connectivity index is 1.91. The molecule has 0 radical (unpaired) electrons. The molecular weight excluding hydrogens is 278 g/mol. The summed E-state index contributed by atoms with van der Waals surface area (Å²) in [7, 11) is 3.74. The highest BCUT2D eigenvalue weighted by molar-refractivity contribution is 6.16. The number of halogens is 1. The third-order valence-corrected chi connectivity index (χ3v) is 3.98. The normalized spacial score (nSPS) is 15.2. The van der Waals surface area contributed by atoms with Gasteiger partial charge in [0.2, 0.25) is 5.88 Å². The molecule has 0 unspecified atom stereocenters. The molecule has 0 atom stereocenters. The lowest BCUT2D eigenvalue weighted by Crippen LogP contribution is -2.25. The second kappa shape index (κ2) is 5.54. The van der Waals surface area contributed by atoms with E-state index in [1.807, 2.05) is 0 Å². The minimum atomic E-state index is 0.354. The van der Waals surface area contributed by atoms with Gasteiger partial charge in [-0.25, -0.2) is 9.97 Å². The summed E-state index contributed by atoms with van der Waals surface area (Å²) in [5, 5.41) is 0. The van der Waals surface area contributed by atoms with Crippen LogP contribution in [-0.2, 0) is 12.4 Å². The van der Waals surface area contributed by atoms with Crippen LogP contribution in [0.5, 0.6) is 5.88 Å². The smallest absolute Gasteiger partial charge is 0.245 e. The number of methoxy groups -OCH3 is 1. The second-order valence-corrected chi connectivity index (χ2v) is 5.35. The van der Waals surface area contributed by atoms with Gasteiger partial charge in [-0.2, -0.15) is 4.98 Å². The lowest BCUT2D eigenvalue weighted by molar-refractivity contribution is 0.309. The van der Waals surface area contributed by atoms with Crippen LogP contribution in [-0.4, -0.2) is 51.2 Å². The molecule has 0 N–H and O–H groups in total. The van der Waals surface area contributed by atoms with E-state index in [0.29, 0.717) is 17.3 Å². The molecule has 0 bridgehead atoms. The number of nitrogens with zero attached hydrogens (tertiary/aromatic N) is 5. The number of ether oxygens (including phenoxy) is 1. The highest BCUT2D eigenvalue weighted by Crippen LogP contribution is 2.26. The number of aromatic nitrogens is 4. The first-order chi connectivity index (χ1) is 9.74. The van der Waals surface area contributed by atoms with Gasteiger partial charge in [-0.15, -0.1) is 11.6 Å². The standard InChI is InChI=1S/C13H18ClN5O/c1-18(9-3-4-9)5-6-19-10(7-14)17-11-12(19)15-8-16-13(11)20-2/h8-9H,3-7H2,1-2H3. The van der Waals surface area contributed by atoms with Crippen molar-refractivity contribution in [3.8, 4) is 5.88 Å². The number of hydrogen-bond acceptors (Lipinski definition) is 5. The Bertz CT molecular complexity index is 610. The van der Waals surface area contributed by atoms with E-state index in [4.69, 9.17) is 16.3 Å². The Hall–Kier alpha value is -1.40. The van der Waals surface area contributed by atoms with Gasteiger partial charge in [0.25, 0.3) is 0 Å². The van der Waals surface area contributed by atoms with Crippen LogP contribution in [0.25, 0.3) is 11.2 Å². The average Bonchev–Trinajstić information content (AvgIpc) is 3.26. The summed E-state index contributed by atoms with van der Waals surface area (Å²) >= 11 is 6.00. The van der Waals surface area contributed by atoms with Crippen LogP contribution in [0.2, 0.25) is 0 Å². The molecule has 1 fully saturated rings. The molecule has 7 heteroatoms. The maximum absolute atomic E-state index is 6.00. The summed E-state index contributed by atoms with van der Waals surface area (Å²) in [4.78, 5) is 15.3. The van der Waals surface area contributed by atoms with Crippen molar-refractivity contribution < 1.29 is 4.74 Å². The predicted molar refractivity (Wildman–Crippen MR) is 77.1 cm³/mol. The SMILES string of the molecule is COc1ncnc2c1nc(CCl)n2CCN(C)C1CC1. The molecule has 0 aromatic carbocycles. The zero-order valence-electron chi connectivity index (χ0n) is 11.7. The van der Waals surface area contributed by atoms with E-state index < -0.39 is 0 Å². The highest BCUT2D eigenvalue weighted by Gasteiger charge is 2.26. The van der Waals surface area contributed by atoms with Gasteiger partial charge in [-0.05, 0) is 19.9 Å². The van der Waals surface area contributed by atoms with Crippen LogP contribution >= 0.6 is 11.6 Å². The zero-order chi connectivity index (χ0) is 14.1. The van der Waals surface area contributed by atoms with E-state index in [9.17, 15) is 0 Å². The number of rotatable bonds is 6. The first-order valence-electron chi connectivity index (χ1n) is 6.75. The largest absolute Gasteiger partial charge is 0.479 e. The minimum Gasteiger partial charge on any atom is -0.479 e. The van der Waals surface area contributed by atoms with Crippen molar-refractivity contribution in [3.63, 3.8) is 0 Å². The third kappa shape index (κ3) is 2.45. The van der Waals surface area contributed by atoms with Crippen LogP contribution in [0.3, 0.4) is 0 Å². The quantitative estimate of drug-likeness (QED) is 0.759. The van der Waals surface area contributed by atoms with E-state index in [2.05, 4.69) is 31.5 Å². The molecule has 20 heavy (non-hydrogen) atoms. The fourth-order valence-corrected chi connectivity index (χ4v) is 2.61. The summed E-state index contributed by atoms with van der Waals surface area (Å²) in [6.07, 6.45) is 4.11. The van der Waals surface area contributed by atoms with Crippen molar-refractivity contribution in [3.05, 3.63) is 12.2 Å². The maximum atomic E-state index is 6.00. The molecule has 2 aromatic heterocycles. The maximum Gasteiger partial charge on any atom is 0.245 e. The van der Waals surface area contributed by atoms with Gasteiger partial charge in [-0.3, -0.25) is 0 Å². The van der Waals surface area contributed by atoms with Gasteiger partial charge < -0.3 is 14.2 Å². The molecule has 2 aromatic rings. The van der Waals surface area contributed by atoms with E-state index >= 15 is 0 Å². The van der Waals surface area contributed by atoms with Crippen molar-refractivity contribution >= 4 is 22.8 Å². The molecule has 6 nitrogen and oxygen atoms in total. The molecule has 1 saturated carbocycles. The lowest BCUT2D eigenvalue weighted by Gasteiger charge is -2.16. The van der Waals surface area contributed by atoms with Gasteiger partial charge in [0.05, 0.1) is 13.0 Å². The number of imidazole rings is 1. The van der Waals surface area contributed by atoms with Gasteiger partial charge in [-0.1, -0.05) is 0 Å². The number of hydrogen-bond donors (Lipinski definition) is 0. The van der Waals surface area contributed by atoms with Gasteiger partial charge in [0, 0.05) is 19.1 Å². The minimum absolute atomic E-state index is 0.354. The summed E-state index contributed by atoms with van der Waals surface area (Å²) < 4.78 is 7.29. The van der Waals surface area contributed by atoms with Crippen LogP contribution < -0.4 is 4.74 Å². The van der Waals surface area contributed by atoms with E-state index in [0.717, 1.165) is 30.6 Å². The Morgan fingerprint density at radius 2 is 2.25 bits per heavy atom. The molecule has 108 valence electrons. The number of alkyl halides is 1. The van der Waals surface area contributed by atoms with Crippen LogP contribution in [0.15, 0.2) is 6.33 Å². The second-order valence-electron chi connectivity index (χ2n) is 5.08. The Morgan fingerprint density at radius 3 is 2.90 bits per heavy atom. The number of likely N-dealkylation sites (N-methyl/N-ethyl adjacent to an activating group) is 1. The van der Waals surface area contributed by atoms with E-state index in [1.165, 1.54) is 19.2 Å². The average molecular weight is 296 g/mol. The van der Waals surface area contributed by atoms with Gasteiger partial charge in [0.1, 0.15) is 12.2 Å². The third-order valence-electron chi connectivity index (χ3n) is 3.74. The molecule has 0 spiro atoms. The summed E-state index contributed by atoms with van der Waals surface area (Å²) in [5.74, 6) is 1.66.